The molecule has 116 valence electrons. The lowest BCUT2D eigenvalue weighted by molar-refractivity contribution is -0.133. The smallest absolute Gasteiger partial charge is 0.239 e. The van der Waals surface area contributed by atoms with Crippen molar-refractivity contribution < 1.29 is 9.53 Å². The zero-order chi connectivity index (χ0) is 15.2. The Morgan fingerprint density at radius 1 is 1.43 bits per heavy atom. The normalized spacial score (nSPS) is 19.7. The summed E-state index contributed by atoms with van der Waals surface area (Å²) in [5.74, 6) is 0.0370. The third-order valence-corrected chi connectivity index (χ3v) is 3.68. The van der Waals surface area contributed by atoms with Crippen LogP contribution in [0.25, 0.3) is 0 Å². The molecule has 1 heterocycles. The van der Waals surface area contributed by atoms with E-state index in [1.165, 1.54) is 5.56 Å². The molecule has 5 heteroatoms. The highest BCUT2D eigenvalue weighted by Crippen LogP contribution is 2.16. The van der Waals surface area contributed by atoms with Gasteiger partial charge in [-0.1, -0.05) is 24.3 Å². The molecular formula is C16H25N3O2. The lowest BCUT2D eigenvalue weighted by Gasteiger charge is -2.35. The molecule has 3 N–H and O–H groups in total. The second kappa shape index (κ2) is 7.54. The molecule has 1 aromatic rings. The fraction of sp³-hybridized carbons (Fsp3) is 0.562. The fourth-order valence-corrected chi connectivity index (χ4v) is 2.58. The van der Waals surface area contributed by atoms with Crippen LogP contribution in [0.1, 0.15) is 25.0 Å². The van der Waals surface area contributed by atoms with Gasteiger partial charge in [-0.15, -0.1) is 0 Å². The van der Waals surface area contributed by atoms with Gasteiger partial charge in [-0.2, -0.15) is 0 Å². The van der Waals surface area contributed by atoms with E-state index < -0.39 is 0 Å². The van der Waals surface area contributed by atoms with Crippen molar-refractivity contribution >= 4 is 5.91 Å². The Bertz CT molecular complexity index is 476. The minimum absolute atomic E-state index is 0.0370. The molecule has 21 heavy (non-hydrogen) atoms. The zero-order valence-electron chi connectivity index (χ0n) is 12.8. The summed E-state index contributed by atoms with van der Waals surface area (Å²) in [4.78, 5) is 14.5. The molecule has 0 bridgehead atoms. The minimum Gasteiger partial charge on any atom is -0.378 e. The quantitative estimate of drug-likeness (QED) is 0.845. The van der Waals surface area contributed by atoms with Gasteiger partial charge in [0.05, 0.1) is 13.2 Å². The molecule has 2 rings (SSSR count). The van der Waals surface area contributed by atoms with Crippen molar-refractivity contribution in [1.82, 2.24) is 10.2 Å². The lowest BCUT2D eigenvalue weighted by atomic mass is 10.1. The number of carbonyl (C=O) groups excluding carboxylic acids is 1. The number of nitrogens with two attached hydrogens (primary N) is 1. The molecule has 0 aliphatic carbocycles. The summed E-state index contributed by atoms with van der Waals surface area (Å²) in [6, 6.07) is 8.03. The van der Waals surface area contributed by atoms with E-state index in [0.717, 1.165) is 18.7 Å². The lowest BCUT2D eigenvalue weighted by Crippen LogP contribution is -2.54. The standard InChI is InChI=1S/C16H25N3O2/c1-12(2)18-16(20)15-11-21-8-7-19(15)10-14-6-4-3-5-13(14)9-17/h3-6,12,15H,7-11,17H2,1-2H3,(H,18,20). The van der Waals surface area contributed by atoms with Crippen molar-refractivity contribution in [3.63, 3.8) is 0 Å². The molecule has 0 spiro atoms. The van der Waals surface area contributed by atoms with Crippen LogP contribution in [-0.2, 0) is 22.6 Å². The summed E-state index contributed by atoms with van der Waals surface area (Å²) >= 11 is 0. The summed E-state index contributed by atoms with van der Waals surface area (Å²) in [5, 5.41) is 2.97. The van der Waals surface area contributed by atoms with Crippen molar-refractivity contribution in [3.05, 3.63) is 35.4 Å². The van der Waals surface area contributed by atoms with Crippen LogP contribution in [0.2, 0.25) is 0 Å². The van der Waals surface area contributed by atoms with Gasteiger partial charge < -0.3 is 15.8 Å². The highest BCUT2D eigenvalue weighted by atomic mass is 16.5. The molecule has 1 fully saturated rings. The number of amides is 1. The van der Waals surface area contributed by atoms with Gasteiger partial charge in [-0.05, 0) is 25.0 Å². The maximum Gasteiger partial charge on any atom is 0.239 e. The van der Waals surface area contributed by atoms with Crippen LogP contribution in [0.5, 0.6) is 0 Å². The van der Waals surface area contributed by atoms with Crippen LogP contribution in [-0.4, -0.2) is 42.6 Å². The first-order valence-electron chi connectivity index (χ1n) is 7.51. The Morgan fingerprint density at radius 3 is 2.81 bits per heavy atom. The predicted octanol–water partition coefficient (Wildman–Crippen LogP) is 0.871. The van der Waals surface area contributed by atoms with Crippen LogP contribution in [0.3, 0.4) is 0 Å². The Balaban J connectivity index is 2.10. The van der Waals surface area contributed by atoms with E-state index in [4.69, 9.17) is 10.5 Å². The van der Waals surface area contributed by atoms with Crippen LogP contribution in [0.4, 0.5) is 0 Å². The SMILES string of the molecule is CC(C)NC(=O)C1COCCN1Cc1ccccc1CN. The molecule has 1 amide bonds. The second-order valence-corrected chi connectivity index (χ2v) is 5.70. The van der Waals surface area contributed by atoms with E-state index in [0.29, 0.717) is 19.8 Å². The molecule has 1 unspecified atom stereocenters. The van der Waals surface area contributed by atoms with Crippen molar-refractivity contribution in [1.29, 1.82) is 0 Å². The topological polar surface area (TPSA) is 67.6 Å². The molecule has 1 saturated heterocycles. The second-order valence-electron chi connectivity index (χ2n) is 5.70. The number of hydrogen-bond acceptors (Lipinski definition) is 4. The number of morpholine rings is 1. The predicted molar refractivity (Wildman–Crippen MR) is 82.6 cm³/mol. The van der Waals surface area contributed by atoms with Crippen LogP contribution in [0, 0.1) is 0 Å². The average molecular weight is 291 g/mol. The fourth-order valence-electron chi connectivity index (χ4n) is 2.58. The summed E-state index contributed by atoms with van der Waals surface area (Å²) in [6.07, 6.45) is 0. The molecule has 1 aliphatic heterocycles. The van der Waals surface area contributed by atoms with E-state index in [9.17, 15) is 4.79 Å². The summed E-state index contributed by atoms with van der Waals surface area (Å²) in [5.41, 5.74) is 8.11. The zero-order valence-corrected chi connectivity index (χ0v) is 12.8. The summed E-state index contributed by atoms with van der Waals surface area (Å²) in [6.45, 7) is 7.05. The first-order chi connectivity index (χ1) is 10.1. The molecule has 0 radical (unpaired) electrons. The number of ether oxygens (including phenoxy) is 1. The van der Waals surface area contributed by atoms with E-state index in [2.05, 4.69) is 16.3 Å². The first-order valence-corrected chi connectivity index (χ1v) is 7.51. The van der Waals surface area contributed by atoms with Gasteiger partial charge in [0.25, 0.3) is 0 Å². The summed E-state index contributed by atoms with van der Waals surface area (Å²) < 4.78 is 5.48. The maximum absolute atomic E-state index is 12.3. The van der Waals surface area contributed by atoms with Gasteiger partial charge >= 0.3 is 0 Å². The molecule has 1 aliphatic rings. The molecule has 1 aromatic carbocycles. The van der Waals surface area contributed by atoms with E-state index >= 15 is 0 Å². The Hall–Kier alpha value is -1.43. The van der Waals surface area contributed by atoms with Crippen LogP contribution >= 0.6 is 0 Å². The van der Waals surface area contributed by atoms with Crippen molar-refractivity contribution in [2.45, 2.75) is 39.0 Å². The largest absolute Gasteiger partial charge is 0.378 e. The van der Waals surface area contributed by atoms with E-state index in [1.54, 1.807) is 0 Å². The van der Waals surface area contributed by atoms with Crippen molar-refractivity contribution in [2.24, 2.45) is 5.73 Å². The molecule has 5 nitrogen and oxygen atoms in total. The highest BCUT2D eigenvalue weighted by Gasteiger charge is 2.29. The highest BCUT2D eigenvalue weighted by molar-refractivity contribution is 5.82. The number of benzene rings is 1. The molecular weight excluding hydrogens is 266 g/mol. The van der Waals surface area contributed by atoms with Crippen LogP contribution < -0.4 is 11.1 Å². The Morgan fingerprint density at radius 2 is 2.14 bits per heavy atom. The molecule has 0 aromatic heterocycles. The van der Waals surface area contributed by atoms with Gasteiger partial charge in [0.2, 0.25) is 5.91 Å². The van der Waals surface area contributed by atoms with Crippen molar-refractivity contribution in [3.8, 4) is 0 Å². The Kier molecular flexibility index (Phi) is 5.73. The van der Waals surface area contributed by atoms with Gasteiger partial charge in [0, 0.05) is 25.7 Å². The van der Waals surface area contributed by atoms with Gasteiger partial charge in [0.15, 0.2) is 0 Å². The Labute approximate surface area is 126 Å². The van der Waals surface area contributed by atoms with Gasteiger partial charge in [-0.25, -0.2) is 0 Å². The maximum atomic E-state index is 12.3. The average Bonchev–Trinajstić information content (AvgIpc) is 2.47. The third kappa shape index (κ3) is 4.27. The van der Waals surface area contributed by atoms with Gasteiger partial charge in [0.1, 0.15) is 6.04 Å². The number of hydrogen-bond donors (Lipinski definition) is 2. The third-order valence-electron chi connectivity index (χ3n) is 3.68. The number of rotatable bonds is 5. The van der Waals surface area contributed by atoms with Crippen molar-refractivity contribution in [2.75, 3.05) is 19.8 Å². The summed E-state index contributed by atoms with van der Waals surface area (Å²) in [7, 11) is 0. The first kappa shape index (κ1) is 15.9. The molecule has 1 atom stereocenters. The number of carbonyl (C=O) groups is 1. The van der Waals surface area contributed by atoms with Gasteiger partial charge in [-0.3, -0.25) is 9.69 Å². The van der Waals surface area contributed by atoms with E-state index in [-0.39, 0.29) is 18.0 Å². The molecule has 0 saturated carbocycles. The van der Waals surface area contributed by atoms with Crippen LogP contribution in [0.15, 0.2) is 24.3 Å². The van der Waals surface area contributed by atoms with E-state index in [1.807, 2.05) is 32.0 Å². The monoisotopic (exact) mass is 291 g/mol. The minimum atomic E-state index is -0.230. The number of nitrogens with one attached hydrogen (secondary N) is 1. The number of nitrogens with zero attached hydrogens (tertiary/aromatic N) is 1.